The second-order valence-electron chi connectivity index (χ2n) is 8.04. The third-order valence-corrected chi connectivity index (χ3v) is 5.91. The summed E-state index contributed by atoms with van der Waals surface area (Å²) in [7, 11) is 0. The Bertz CT molecular complexity index is 759. The van der Waals surface area contributed by atoms with E-state index < -0.39 is 80.4 Å². The van der Waals surface area contributed by atoms with Crippen molar-refractivity contribution in [2.45, 2.75) is 73.6 Å². The van der Waals surface area contributed by atoms with Crippen molar-refractivity contribution in [3.05, 3.63) is 35.9 Å². The maximum atomic E-state index is 10.4. The average Bonchev–Trinajstić information content (AvgIpc) is 2.81. The summed E-state index contributed by atoms with van der Waals surface area (Å²) in [5, 5.41) is 79.5. The first-order valence-corrected chi connectivity index (χ1v) is 10.3. The average molecular weight is 455 g/mol. The van der Waals surface area contributed by atoms with E-state index in [1.807, 2.05) is 0 Å². The number of ether oxygens (including phenoxy) is 3. The molecule has 2 aliphatic heterocycles. The number of benzene rings is 1. The minimum atomic E-state index is -1.64. The third-order valence-electron chi connectivity index (χ3n) is 5.91. The standard InChI is InChI=1S/C21H29NO10/c22-7-11(10-4-2-1-3-5-10)6-12-15(24)18(27)17(26)14(31-12)9-30-21-20(29)19(28)16(25)13(8-23)32-21/h1-5,11-21,23-29H,6,8-9H2/t11-,12-,13-,14-,15-,16+,17+,18-,19+,20+,21+/m0/s1. The Labute approximate surface area is 184 Å². The Hall–Kier alpha value is -1.69. The van der Waals surface area contributed by atoms with Gasteiger partial charge in [-0.25, -0.2) is 0 Å². The van der Waals surface area contributed by atoms with E-state index in [1.165, 1.54) is 0 Å². The smallest absolute Gasteiger partial charge is 0.186 e. The molecule has 11 atom stereocenters. The first-order chi connectivity index (χ1) is 15.3. The van der Waals surface area contributed by atoms with Crippen LogP contribution >= 0.6 is 0 Å². The van der Waals surface area contributed by atoms with E-state index in [9.17, 15) is 41.0 Å². The summed E-state index contributed by atoms with van der Waals surface area (Å²) in [6.07, 6.45) is -14.1. The molecule has 1 aromatic rings. The molecule has 0 amide bonds. The van der Waals surface area contributed by atoms with Gasteiger partial charge in [0.1, 0.15) is 48.8 Å². The maximum Gasteiger partial charge on any atom is 0.186 e. The fourth-order valence-electron chi connectivity index (χ4n) is 3.94. The van der Waals surface area contributed by atoms with Gasteiger partial charge in [-0.05, 0) is 12.0 Å². The van der Waals surface area contributed by atoms with E-state index in [-0.39, 0.29) is 6.42 Å². The lowest BCUT2D eigenvalue weighted by molar-refractivity contribution is -0.314. The highest BCUT2D eigenvalue weighted by atomic mass is 16.7. The Kier molecular flexibility index (Phi) is 8.54. The molecule has 2 heterocycles. The molecule has 1 aromatic carbocycles. The van der Waals surface area contributed by atoms with Crippen molar-refractivity contribution in [1.82, 2.24) is 0 Å². The van der Waals surface area contributed by atoms with Crippen molar-refractivity contribution in [2.75, 3.05) is 13.2 Å². The fraction of sp³-hybridized carbons (Fsp3) is 0.667. The molecule has 2 aliphatic rings. The summed E-state index contributed by atoms with van der Waals surface area (Å²) in [5.74, 6) is -0.634. The number of nitrogens with zero attached hydrogens (tertiary/aromatic N) is 1. The van der Waals surface area contributed by atoms with Crippen molar-refractivity contribution >= 4 is 0 Å². The van der Waals surface area contributed by atoms with Crippen LogP contribution in [-0.4, -0.2) is 110 Å². The van der Waals surface area contributed by atoms with Crippen LogP contribution in [0.2, 0.25) is 0 Å². The molecule has 7 N–H and O–H groups in total. The normalized spacial score (nSPS) is 41.1. The Morgan fingerprint density at radius 2 is 1.41 bits per heavy atom. The predicted octanol–water partition coefficient (Wildman–Crippen LogP) is -2.65. The van der Waals surface area contributed by atoms with Crippen LogP contribution in [0.15, 0.2) is 30.3 Å². The molecular formula is C21H29NO10. The van der Waals surface area contributed by atoms with Crippen LogP contribution < -0.4 is 0 Å². The van der Waals surface area contributed by atoms with Gasteiger partial charge < -0.3 is 50.0 Å². The van der Waals surface area contributed by atoms with Crippen LogP contribution in [0.3, 0.4) is 0 Å². The van der Waals surface area contributed by atoms with Crippen molar-refractivity contribution in [3.8, 4) is 6.07 Å². The van der Waals surface area contributed by atoms with Crippen LogP contribution in [0.4, 0.5) is 0 Å². The van der Waals surface area contributed by atoms with E-state index >= 15 is 0 Å². The molecule has 0 saturated carbocycles. The van der Waals surface area contributed by atoms with Gasteiger partial charge in [0.15, 0.2) is 6.29 Å². The lowest BCUT2D eigenvalue weighted by Gasteiger charge is -2.43. The summed E-state index contributed by atoms with van der Waals surface area (Å²) >= 11 is 0. The summed E-state index contributed by atoms with van der Waals surface area (Å²) in [6.45, 7) is -1.04. The molecule has 2 saturated heterocycles. The van der Waals surface area contributed by atoms with Crippen LogP contribution in [0, 0.1) is 11.3 Å². The number of hydrogen-bond donors (Lipinski definition) is 7. The Balaban J connectivity index is 1.65. The van der Waals surface area contributed by atoms with Crippen molar-refractivity contribution < 1.29 is 50.0 Å². The van der Waals surface area contributed by atoms with Gasteiger partial charge in [-0.15, -0.1) is 0 Å². The SMILES string of the molecule is N#C[C@H](C[C@@H]1O[C@@H](CO[C@@H]2O[C@@H](CO)[C@@H](O)[C@@H](O)[C@H]2O)[C@@H](O)[C@@H](O)[C@H]1O)c1ccccc1. The van der Waals surface area contributed by atoms with Crippen LogP contribution in [0.1, 0.15) is 17.9 Å². The second-order valence-corrected chi connectivity index (χ2v) is 8.04. The zero-order valence-corrected chi connectivity index (χ0v) is 17.2. The van der Waals surface area contributed by atoms with E-state index in [0.29, 0.717) is 5.56 Å². The predicted molar refractivity (Wildman–Crippen MR) is 106 cm³/mol. The number of rotatable bonds is 7. The molecule has 0 radical (unpaired) electrons. The van der Waals surface area contributed by atoms with Gasteiger partial charge in [-0.3, -0.25) is 0 Å². The first-order valence-electron chi connectivity index (χ1n) is 10.3. The highest BCUT2D eigenvalue weighted by molar-refractivity contribution is 5.25. The largest absolute Gasteiger partial charge is 0.394 e. The molecule has 0 spiro atoms. The van der Waals surface area contributed by atoms with Gasteiger partial charge in [0.25, 0.3) is 0 Å². The number of aliphatic hydroxyl groups excluding tert-OH is 7. The van der Waals surface area contributed by atoms with Crippen LogP contribution in [-0.2, 0) is 14.2 Å². The monoisotopic (exact) mass is 455 g/mol. The molecule has 3 rings (SSSR count). The lowest BCUT2D eigenvalue weighted by Crippen LogP contribution is -2.61. The number of nitriles is 1. The molecule has 11 heteroatoms. The van der Waals surface area contributed by atoms with Crippen molar-refractivity contribution in [1.29, 1.82) is 5.26 Å². The Morgan fingerprint density at radius 3 is 2.03 bits per heavy atom. The zero-order chi connectivity index (χ0) is 23.4. The second kappa shape index (κ2) is 11.0. The molecule has 0 aromatic heterocycles. The van der Waals surface area contributed by atoms with Gasteiger partial charge in [0.05, 0.1) is 31.3 Å². The van der Waals surface area contributed by atoms with Crippen molar-refractivity contribution in [2.24, 2.45) is 0 Å². The molecular weight excluding hydrogens is 426 g/mol. The molecule has 0 aliphatic carbocycles. The highest BCUT2D eigenvalue weighted by Gasteiger charge is 2.47. The molecule has 178 valence electrons. The topological polar surface area (TPSA) is 193 Å². The molecule has 32 heavy (non-hydrogen) atoms. The minimum Gasteiger partial charge on any atom is -0.394 e. The summed E-state index contributed by atoms with van der Waals surface area (Å²) in [5.41, 5.74) is 0.709. The maximum absolute atomic E-state index is 10.4. The van der Waals surface area contributed by atoms with E-state index in [4.69, 9.17) is 14.2 Å². The van der Waals surface area contributed by atoms with Gasteiger partial charge >= 0.3 is 0 Å². The van der Waals surface area contributed by atoms with Crippen LogP contribution in [0.5, 0.6) is 0 Å². The number of aliphatic hydroxyl groups is 7. The molecule has 0 unspecified atom stereocenters. The minimum absolute atomic E-state index is 0.0437. The first kappa shape index (κ1) is 24.9. The van der Waals surface area contributed by atoms with Gasteiger partial charge in [-0.1, -0.05) is 30.3 Å². The molecule has 0 bridgehead atoms. The van der Waals surface area contributed by atoms with Crippen LogP contribution in [0.25, 0.3) is 0 Å². The lowest BCUT2D eigenvalue weighted by atomic mass is 9.87. The summed E-state index contributed by atoms with van der Waals surface area (Å²) in [4.78, 5) is 0. The quantitative estimate of drug-likeness (QED) is 0.227. The van der Waals surface area contributed by atoms with E-state index in [2.05, 4.69) is 6.07 Å². The van der Waals surface area contributed by atoms with E-state index in [1.54, 1.807) is 30.3 Å². The molecule has 11 nitrogen and oxygen atoms in total. The summed E-state index contributed by atoms with van der Waals surface area (Å²) < 4.78 is 16.4. The highest BCUT2D eigenvalue weighted by Crippen LogP contribution is 2.30. The molecule has 2 fully saturated rings. The number of hydrogen-bond acceptors (Lipinski definition) is 11. The van der Waals surface area contributed by atoms with E-state index in [0.717, 1.165) is 0 Å². The Morgan fingerprint density at radius 1 is 0.812 bits per heavy atom. The van der Waals surface area contributed by atoms with Crippen molar-refractivity contribution in [3.63, 3.8) is 0 Å². The third kappa shape index (κ3) is 5.27. The van der Waals surface area contributed by atoms with Gasteiger partial charge in [0, 0.05) is 0 Å². The van der Waals surface area contributed by atoms with Gasteiger partial charge in [-0.2, -0.15) is 5.26 Å². The summed E-state index contributed by atoms with van der Waals surface area (Å²) in [6, 6.07) is 11.0. The zero-order valence-electron chi connectivity index (χ0n) is 17.2. The van der Waals surface area contributed by atoms with Gasteiger partial charge in [0.2, 0.25) is 0 Å². The fourth-order valence-corrected chi connectivity index (χ4v) is 3.94.